The van der Waals surface area contributed by atoms with Crippen molar-refractivity contribution >= 4 is 27.6 Å². The number of halogens is 1. The number of nitrogens with zero attached hydrogens (tertiary/aromatic N) is 2. The molecule has 5 nitrogen and oxygen atoms in total. The minimum Gasteiger partial charge on any atom is -0.334 e. The molecule has 0 atom stereocenters. The smallest absolute Gasteiger partial charge is 0.319 e. The first-order valence-electron chi connectivity index (χ1n) is 7.92. The second kappa shape index (κ2) is 7.53. The SMILES string of the molecule is Cc1ccccc1CNC(=O)Nc1cccc(-c2c(Br)cnn2C)c1. The van der Waals surface area contributed by atoms with Crippen molar-refractivity contribution in [1.82, 2.24) is 15.1 Å². The zero-order valence-corrected chi connectivity index (χ0v) is 15.7. The van der Waals surface area contributed by atoms with Crippen LogP contribution in [0.2, 0.25) is 0 Å². The van der Waals surface area contributed by atoms with E-state index in [1.165, 1.54) is 0 Å². The van der Waals surface area contributed by atoms with Gasteiger partial charge >= 0.3 is 6.03 Å². The summed E-state index contributed by atoms with van der Waals surface area (Å²) in [7, 11) is 1.88. The van der Waals surface area contributed by atoms with Gasteiger partial charge in [-0.3, -0.25) is 4.68 Å². The summed E-state index contributed by atoms with van der Waals surface area (Å²) >= 11 is 3.50. The molecule has 1 heterocycles. The molecule has 0 bridgehead atoms. The third-order valence-corrected chi connectivity index (χ3v) is 4.57. The highest BCUT2D eigenvalue weighted by Gasteiger charge is 2.10. The predicted molar refractivity (Wildman–Crippen MR) is 103 cm³/mol. The van der Waals surface area contributed by atoms with Gasteiger partial charge in [0.1, 0.15) is 0 Å². The molecule has 3 rings (SSSR count). The number of hydrogen-bond acceptors (Lipinski definition) is 2. The fourth-order valence-corrected chi connectivity index (χ4v) is 3.22. The number of urea groups is 1. The average Bonchev–Trinajstić information content (AvgIpc) is 2.93. The Labute approximate surface area is 155 Å². The van der Waals surface area contributed by atoms with Crippen LogP contribution < -0.4 is 10.6 Å². The van der Waals surface area contributed by atoms with Crippen molar-refractivity contribution < 1.29 is 4.79 Å². The summed E-state index contributed by atoms with van der Waals surface area (Å²) in [6.07, 6.45) is 1.75. The van der Waals surface area contributed by atoms with E-state index in [-0.39, 0.29) is 6.03 Å². The number of anilines is 1. The summed E-state index contributed by atoms with van der Waals surface area (Å²) in [5.74, 6) is 0. The Morgan fingerprint density at radius 1 is 1.20 bits per heavy atom. The first-order valence-corrected chi connectivity index (χ1v) is 8.71. The van der Waals surface area contributed by atoms with Crippen LogP contribution in [-0.4, -0.2) is 15.8 Å². The Morgan fingerprint density at radius 2 is 2.00 bits per heavy atom. The molecule has 0 radical (unpaired) electrons. The maximum absolute atomic E-state index is 12.2. The van der Waals surface area contributed by atoms with E-state index in [0.717, 1.165) is 32.5 Å². The number of carbonyl (C=O) groups is 1. The number of benzene rings is 2. The second-order valence-electron chi connectivity index (χ2n) is 5.78. The Kier molecular flexibility index (Phi) is 5.19. The fraction of sp³-hybridized carbons (Fsp3) is 0.158. The monoisotopic (exact) mass is 398 g/mol. The number of aryl methyl sites for hydroxylation is 2. The first-order chi connectivity index (χ1) is 12.0. The van der Waals surface area contributed by atoms with E-state index < -0.39 is 0 Å². The molecule has 0 saturated heterocycles. The topological polar surface area (TPSA) is 59.0 Å². The first kappa shape index (κ1) is 17.2. The van der Waals surface area contributed by atoms with Gasteiger partial charge in [0.05, 0.1) is 16.4 Å². The van der Waals surface area contributed by atoms with Crippen molar-refractivity contribution in [3.8, 4) is 11.3 Å². The number of amides is 2. The van der Waals surface area contributed by atoms with Crippen LogP contribution >= 0.6 is 15.9 Å². The quantitative estimate of drug-likeness (QED) is 0.680. The van der Waals surface area contributed by atoms with Crippen LogP contribution in [0.5, 0.6) is 0 Å². The average molecular weight is 399 g/mol. The molecule has 3 aromatic rings. The normalized spacial score (nSPS) is 10.5. The summed E-state index contributed by atoms with van der Waals surface area (Å²) in [5.41, 5.74) is 4.93. The summed E-state index contributed by atoms with van der Waals surface area (Å²) in [6, 6.07) is 15.4. The van der Waals surface area contributed by atoms with E-state index in [1.54, 1.807) is 10.9 Å². The molecule has 2 N–H and O–H groups in total. The highest BCUT2D eigenvalue weighted by atomic mass is 79.9. The number of rotatable bonds is 4. The van der Waals surface area contributed by atoms with E-state index in [0.29, 0.717) is 6.54 Å². The van der Waals surface area contributed by atoms with Crippen molar-refractivity contribution in [2.75, 3.05) is 5.32 Å². The van der Waals surface area contributed by atoms with Gasteiger partial charge in [-0.15, -0.1) is 0 Å². The maximum Gasteiger partial charge on any atom is 0.319 e. The van der Waals surface area contributed by atoms with Gasteiger partial charge < -0.3 is 10.6 Å². The molecule has 0 spiro atoms. The summed E-state index contributed by atoms with van der Waals surface area (Å²) in [4.78, 5) is 12.2. The molecule has 0 aliphatic rings. The fourth-order valence-electron chi connectivity index (χ4n) is 2.64. The Balaban J connectivity index is 1.68. The summed E-state index contributed by atoms with van der Waals surface area (Å²) < 4.78 is 2.71. The lowest BCUT2D eigenvalue weighted by molar-refractivity contribution is 0.251. The lowest BCUT2D eigenvalue weighted by atomic mass is 10.1. The molecule has 6 heteroatoms. The number of nitrogens with one attached hydrogen (secondary N) is 2. The Morgan fingerprint density at radius 3 is 2.72 bits per heavy atom. The van der Waals surface area contributed by atoms with Crippen LogP contribution in [-0.2, 0) is 13.6 Å². The zero-order chi connectivity index (χ0) is 17.8. The molecular weight excluding hydrogens is 380 g/mol. The van der Waals surface area contributed by atoms with Crippen molar-refractivity contribution in [3.05, 3.63) is 70.3 Å². The molecule has 128 valence electrons. The van der Waals surface area contributed by atoms with Crippen molar-refractivity contribution in [1.29, 1.82) is 0 Å². The standard InChI is InChI=1S/C19H19BrN4O/c1-13-6-3-4-7-15(13)11-21-19(25)23-16-9-5-8-14(10-16)18-17(20)12-22-24(18)2/h3-10,12H,11H2,1-2H3,(H2,21,23,25). The lowest BCUT2D eigenvalue weighted by Crippen LogP contribution is -2.28. The number of carbonyl (C=O) groups excluding carboxylic acids is 1. The molecule has 2 amide bonds. The zero-order valence-electron chi connectivity index (χ0n) is 14.1. The van der Waals surface area contributed by atoms with Crippen molar-refractivity contribution in [2.24, 2.45) is 7.05 Å². The van der Waals surface area contributed by atoms with Gasteiger partial charge in [-0.25, -0.2) is 4.79 Å². The molecular formula is C19H19BrN4O. The van der Waals surface area contributed by atoms with Gasteiger partial charge in [0, 0.05) is 24.8 Å². The second-order valence-corrected chi connectivity index (χ2v) is 6.63. The largest absolute Gasteiger partial charge is 0.334 e. The van der Waals surface area contributed by atoms with E-state index >= 15 is 0 Å². The molecule has 0 aliphatic heterocycles. The molecule has 0 unspecified atom stereocenters. The third kappa shape index (κ3) is 4.09. The van der Waals surface area contributed by atoms with Gasteiger partial charge in [-0.1, -0.05) is 36.4 Å². The van der Waals surface area contributed by atoms with E-state index in [1.807, 2.05) is 62.5 Å². The van der Waals surface area contributed by atoms with E-state index in [4.69, 9.17) is 0 Å². The van der Waals surface area contributed by atoms with Crippen molar-refractivity contribution in [2.45, 2.75) is 13.5 Å². The number of hydrogen-bond donors (Lipinski definition) is 2. The molecule has 25 heavy (non-hydrogen) atoms. The Bertz CT molecular complexity index is 884. The summed E-state index contributed by atoms with van der Waals surface area (Å²) in [6.45, 7) is 2.52. The minimum atomic E-state index is -0.232. The van der Waals surface area contributed by atoms with Gasteiger partial charge in [0.2, 0.25) is 0 Å². The van der Waals surface area contributed by atoms with Gasteiger partial charge in [-0.2, -0.15) is 5.10 Å². The summed E-state index contributed by atoms with van der Waals surface area (Å²) in [5, 5.41) is 9.99. The highest BCUT2D eigenvalue weighted by molar-refractivity contribution is 9.10. The molecule has 0 fully saturated rings. The Hall–Kier alpha value is -2.60. The van der Waals surface area contributed by atoms with Crippen LogP contribution in [0, 0.1) is 6.92 Å². The van der Waals surface area contributed by atoms with Gasteiger partial charge in [-0.05, 0) is 46.1 Å². The van der Waals surface area contributed by atoms with E-state index in [9.17, 15) is 4.79 Å². The minimum absolute atomic E-state index is 0.232. The maximum atomic E-state index is 12.2. The van der Waals surface area contributed by atoms with Crippen LogP contribution in [0.4, 0.5) is 10.5 Å². The third-order valence-electron chi connectivity index (χ3n) is 3.99. The van der Waals surface area contributed by atoms with E-state index in [2.05, 4.69) is 31.7 Å². The highest BCUT2D eigenvalue weighted by Crippen LogP contribution is 2.29. The molecule has 1 aromatic heterocycles. The number of aromatic nitrogens is 2. The van der Waals surface area contributed by atoms with Crippen molar-refractivity contribution in [3.63, 3.8) is 0 Å². The molecule has 0 saturated carbocycles. The molecule has 0 aliphatic carbocycles. The van der Waals surface area contributed by atoms with Crippen LogP contribution in [0.15, 0.2) is 59.2 Å². The van der Waals surface area contributed by atoms with Gasteiger partial charge in [0.25, 0.3) is 0 Å². The van der Waals surface area contributed by atoms with Crippen LogP contribution in [0.25, 0.3) is 11.3 Å². The predicted octanol–water partition coefficient (Wildman–Crippen LogP) is 4.48. The van der Waals surface area contributed by atoms with Gasteiger partial charge in [0.15, 0.2) is 0 Å². The molecule has 2 aromatic carbocycles. The van der Waals surface area contributed by atoms with Crippen LogP contribution in [0.1, 0.15) is 11.1 Å². The lowest BCUT2D eigenvalue weighted by Gasteiger charge is -2.11. The van der Waals surface area contributed by atoms with Crippen LogP contribution in [0.3, 0.4) is 0 Å².